The van der Waals surface area contributed by atoms with E-state index >= 15 is 0 Å². The quantitative estimate of drug-likeness (QED) is 0.116. The molecular weight excluding hydrogens is 910 g/mol. The Bertz CT molecular complexity index is 420. The van der Waals surface area contributed by atoms with E-state index in [1.807, 2.05) is 0 Å². The molecular formula is C8H3N8O8Rb4Th-. The monoisotopic (exact) mass is 911 g/mol. The van der Waals surface area contributed by atoms with Gasteiger partial charge in [0.25, 0.3) is 18.8 Å². The molecule has 0 aliphatic carbocycles. The van der Waals surface area contributed by atoms with Gasteiger partial charge in [0.2, 0.25) is 0 Å². The fourth-order valence-corrected chi connectivity index (χ4v) is 0. The van der Waals surface area contributed by atoms with Crippen LogP contribution in [0, 0.1) is 74.5 Å². The van der Waals surface area contributed by atoms with E-state index in [-0.39, 0.29) is 273 Å². The molecule has 0 radical (unpaired) electrons. The summed E-state index contributed by atoms with van der Waals surface area (Å²) in [6.45, 7) is 0. The van der Waals surface area contributed by atoms with E-state index in [2.05, 4.69) is 0 Å². The van der Waals surface area contributed by atoms with E-state index in [4.69, 9.17) is 82.1 Å². The molecule has 0 rings (SSSR count). The molecule has 0 heterocycles. The number of rotatable bonds is 0. The van der Waals surface area contributed by atoms with Crippen LogP contribution in [0.25, 0.3) is 27.0 Å². The summed E-state index contributed by atoms with van der Waals surface area (Å²) >= 11 is 0. The van der Waals surface area contributed by atoms with Crippen LogP contribution in [0.2, 0.25) is 0 Å². The Morgan fingerprint density at radius 2 is 0.448 bits per heavy atom. The topological polar surface area (TPSA) is 329 Å². The van der Waals surface area contributed by atoms with Gasteiger partial charge in [-0.3, -0.25) is 24.0 Å². The normalized spacial score (nSPS) is 2.10. The summed E-state index contributed by atoms with van der Waals surface area (Å²) in [7, 11) is 0. The molecule has 3 N–H and O–H groups in total. The number of hydrogen-bond acceptors (Lipinski definition) is 11. The third kappa shape index (κ3) is 2450. The van der Waals surface area contributed by atoms with Crippen molar-refractivity contribution in [2.24, 2.45) is 0 Å². The molecule has 0 aromatic rings. The summed E-state index contributed by atoms with van der Waals surface area (Å²) in [5, 5.41) is 75.1. The van der Waals surface area contributed by atoms with Gasteiger partial charge in [-0.15, -0.1) is 0 Å². The molecule has 0 fully saturated rings. The smallest absolute Gasteiger partial charge is 0.724 e. The van der Waals surface area contributed by atoms with Crippen molar-refractivity contribution in [2.75, 3.05) is 0 Å². The van der Waals surface area contributed by atoms with Crippen molar-refractivity contribution < 1.29 is 312 Å². The van der Waals surface area contributed by atoms with Gasteiger partial charge >= 0.3 is 233 Å². The molecule has 0 atom stereocenters. The summed E-state index contributed by atoms with van der Waals surface area (Å²) < 4.78 is 0. The van der Waals surface area contributed by atoms with Crippen LogP contribution in [0.1, 0.15) is 0 Å². The summed E-state index contributed by atoms with van der Waals surface area (Å²) in [6.07, 6.45) is 4.75. The molecule has 0 amide bonds. The van der Waals surface area contributed by atoms with E-state index in [9.17, 15) is 0 Å². The predicted octanol–water partition coefficient (Wildman–Crippen LogP) is -13.0. The fourth-order valence-electron chi connectivity index (χ4n) is 0. The number of hydrogen-bond donors (Lipinski definition) is 3. The minimum Gasteiger partial charge on any atom is -0.724 e. The van der Waals surface area contributed by atoms with Gasteiger partial charge in [0.1, 0.15) is 0 Å². The number of nitrogens with zero attached hydrogens (tertiary/aromatic N) is 8. The van der Waals surface area contributed by atoms with Gasteiger partial charge in [-0.2, -0.15) is 15.8 Å². The van der Waals surface area contributed by atoms with E-state index in [1.54, 1.807) is 0 Å². The van der Waals surface area contributed by atoms with Crippen LogP contribution >= 0.6 is 0 Å². The summed E-state index contributed by atoms with van der Waals surface area (Å²) in [4.78, 5) is 41.2. The van der Waals surface area contributed by atoms with Crippen molar-refractivity contribution in [2.45, 2.75) is 0 Å². The van der Waals surface area contributed by atoms with Crippen LogP contribution in [0.15, 0.2) is 0 Å². The number of nitriles is 3. The molecule has 0 unspecified atom stereocenters. The fraction of sp³-hybridized carbons (Fsp3) is 0. The molecule has 0 saturated heterocycles. The maximum absolute atomic E-state index is 8.24. The van der Waals surface area contributed by atoms with Gasteiger partial charge in [0.05, 0.1) is 0 Å². The third-order valence-electron chi connectivity index (χ3n) is 0. The van der Waals surface area contributed by atoms with Crippen LogP contribution in [0.4, 0.5) is 0 Å². The standard InChI is InChI=1S/3CHNO.5CNO.4Rb.Th/c8*2-1-3;;;;;/h3*3H;;;;;;;;;;/q;;;5*-1;4*+1;. The Hall–Kier alpha value is 3.32. The molecule has 16 nitrogen and oxygen atoms in total. The Labute approximate surface area is 391 Å². The summed E-state index contributed by atoms with van der Waals surface area (Å²) in [5.74, 6) is 0. The van der Waals surface area contributed by atoms with Crippen LogP contribution in [0.3, 0.4) is 0 Å². The van der Waals surface area contributed by atoms with Gasteiger partial charge in [0.15, 0.2) is 0 Å². The number of carbonyl (C=O) groups excluding carboxylic acids is 5. The molecule has 0 spiro atoms. The van der Waals surface area contributed by atoms with Gasteiger partial charge in [-0.1, -0.05) is 0 Å². The van der Waals surface area contributed by atoms with Crippen LogP contribution in [0.5, 0.6) is 0 Å². The molecule has 0 aliphatic heterocycles. The largest absolute Gasteiger partial charge is 1.00 e. The van der Waals surface area contributed by atoms with E-state index in [0.717, 1.165) is 18.8 Å². The average molecular weight is 913 g/mol. The van der Waals surface area contributed by atoms with E-state index in [0.29, 0.717) is 30.4 Å². The second kappa shape index (κ2) is 225. The predicted molar refractivity (Wildman–Crippen MR) is 67.9 cm³/mol. The van der Waals surface area contributed by atoms with Crippen LogP contribution in [-0.4, -0.2) is 45.7 Å². The Kier molecular flexibility index (Phi) is 658. The summed E-state index contributed by atoms with van der Waals surface area (Å²) in [5.41, 5.74) is 0. The zero-order valence-electron chi connectivity index (χ0n) is 15.5. The molecule has 0 aliphatic rings. The zero-order chi connectivity index (χ0) is 21.7. The first-order valence-electron chi connectivity index (χ1n) is 3.48. The zero-order valence-corrected chi connectivity index (χ0v) is 39.2. The Morgan fingerprint density at radius 1 is 0.448 bits per heavy atom. The van der Waals surface area contributed by atoms with E-state index in [1.165, 1.54) is 0 Å². The van der Waals surface area contributed by atoms with Gasteiger partial charge in [0, 0.05) is 39.9 Å². The molecule has 0 aromatic carbocycles. The van der Waals surface area contributed by atoms with Crippen molar-refractivity contribution >= 4 is 30.4 Å². The van der Waals surface area contributed by atoms with Gasteiger partial charge in [-0.25, -0.2) is 0 Å². The molecule has 29 heavy (non-hydrogen) atoms. The molecule has 0 saturated carbocycles. The number of aliphatic hydroxyl groups is 3. The average Bonchev–Trinajstić information content (AvgIpc) is 2.45. The van der Waals surface area contributed by atoms with Gasteiger partial charge in [-0.05, 0) is 30.4 Å². The second-order valence-electron chi connectivity index (χ2n) is 0.756. The van der Waals surface area contributed by atoms with Crippen molar-refractivity contribution in [1.29, 1.82) is 15.8 Å². The maximum atomic E-state index is 8.24. The molecule has 0 bridgehead atoms. The van der Waals surface area contributed by atoms with Crippen molar-refractivity contribution in [3.05, 3.63) is 27.0 Å². The van der Waals surface area contributed by atoms with Crippen molar-refractivity contribution in [3.63, 3.8) is 0 Å². The number of isocyanates is 5. The molecule has 0 aromatic heterocycles. The number of aliphatic hydroxyl groups excluding tert-OH is 3. The Morgan fingerprint density at radius 3 is 0.448 bits per heavy atom. The van der Waals surface area contributed by atoms with Crippen molar-refractivity contribution in [1.82, 2.24) is 0 Å². The van der Waals surface area contributed by atoms with Crippen LogP contribution < -0.4 is 233 Å². The minimum absolute atomic E-state index is 0. The first kappa shape index (κ1) is 84.9. The molecule has 132 valence electrons. The third-order valence-corrected chi connectivity index (χ3v) is 0. The SMILES string of the molecule is N#CO.N#CO.N#CO.[N-]=C=O.[N-]=C=O.[N-]=C=O.[N-]=C=O.[N-]=C=O.[Rb+].[Rb+].[Rb+].[Rb+].[Th]. The molecule has 21 heteroatoms. The summed E-state index contributed by atoms with van der Waals surface area (Å²) in [6, 6.07) is 0. The van der Waals surface area contributed by atoms with E-state index < -0.39 is 0 Å². The maximum Gasteiger partial charge on any atom is 1.00 e. The van der Waals surface area contributed by atoms with Gasteiger partial charge < -0.3 is 42.4 Å². The first-order chi connectivity index (χ1) is 11.3. The van der Waals surface area contributed by atoms with Crippen LogP contribution in [-0.2, 0) is 24.0 Å². The minimum atomic E-state index is 0. The Balaban J connectivity index is -0.00000000895. The first-order valence-corrected chi connectivity index (χ1v) is 3.48. The second-order valence-corrected chi connectivity index (χ2v) is 0.756. The van der Waals surface area contributed by atoms with Crippen molar-refractivity contribution in [3.8, 4) is 18.8 Å².